The zero-order valence-electron chi connectivity index (χ0n) is 32.3. The summed E-state index contributed by atoms with van der Waals surface area (Å²) in [5.41, 5.74) is 0.197. The monoisotopic (exact) mass is 787 g/mol. The molecule has 56 heavy (non-hydrogen) atoms. The Morgan fingerprint density at radius 1 is 1.04 bits per heavy atom. The van der Waals surface area contributed by atoms with Crippen LogP contribution in [-0.2, 0) is 35.6 Å². The van der Waals surface area contributed by atoms with Gasteiger partial charge in [-0.3, -0.25) is 19.1 Å². The van der Waals surface area contributed by atoms with E-state index in [2.05, 4.69) is 15.4 Å². The predicted molar refractivity (Wildman–Crippen MR) is 207 cm³/mol. The Kier molecular flexibility index (Phi) is 9.16. The molecule has 1 saturated heterocycles. The number of ether oxygens (including phenoxy) is 2. The van der Waals surface area contributed by atoms with Gasteiger partial charge >= 0.3 is 6.09 Å². The molecule has 4 heterocycles. The van der Waals surface area contributed by atoms with E-state index >= 15 is 0 Å². The Hall–Kier alpha value is -4.20. The number of sulfonamides is 1. The fourth-order valence-corrected chi connectivity index (χ4v) is 11.6. The highest BCUT2D eigenvalue weighted by Gasteiger charge is 2.64. The average Bonchev–Trinajstić information content (AvgIpc) is 3.89. The van der Waals surface area contributed by atoms with Gasteiger partial charge < -0.3 is 25.0 Å². The Bertz CT molecular complexity index is 2120. The lowest BCUT2D eigenvalue weighted by Gasteiger charge is -2.36. The average molecular weight is 788 g/mol. The third-order valence-electron chi connectivity index (χ3n) is 14.1. The number of para-hydroxylation sites is 1. The third-order valence-corrected chi connectivity index (χ3v) is 16.3. The fourth-order valence-electron chi connectivity index (χ4n) is 10.3. The molecule has 2 bridgehead atoms. The van der Waals surface area contributed by atoms with Crippen LogP contribution in [0.2, 0.25) is 0 Å². The van der Waals surface area contributed by atoms with Gasteiger partial charge in [-0.1, -0.05) is 43.2 Å². The zero-order valence-corrected chi connectivity index (χ0v) is 33.1. The first kappa shape index (κ1) is 37.4. The molecule has 3 N–H and O–H groups in total. The largest absolute Gasteiger partial charge is 0.483 e. The molecule has 14 heteroatoms. The van der Waals surface area contributed by atoms with E-state index in [0.717, 1.165) is 60.7 Å². The highest BCUT2D eigenvalue weighted by Crippen LogP contribution is 2.49. The van der Waals surface area contributed by atoms with E-state index in [1.165, 1.54) is 11.3 Å². The lowest BCUT2D eigenvalue weighted by molar-refractivity contribution is -0.141. The van der Waals surface area contributed by atoms with Gasteiger partial charge in [0, 0.05) is 23.3 Å². The molecule has 0 unspecified atom stereocenters. The summed E-state index contributed by atoms with van der Waals surface area (Å²) in [4.78, 5) is 63.4. The molecule has 5 fully saturated rings. The van der Waals surface area contributed by atoms with Gasteiger partial charge in [0.05, 0.1) is 22.5 Å². The Balaban J connectivity index is 1.03. The molecular formula is C42H53N5O8S. The molecule has 0 radical (unpaired) electrons. The minimum absolute atomic E-state index is 0.0878. The number of benzene rings is 1. The minimum atomic E-state index is -3.97. The molecule has 7 aliphatic rings. The SMILES string of the molecule is Cc1nc2ccccc2c2c1O[C@]1(CC2)C[C@H]2C(=O)N[C@]3(C(=O)NS(=O)(=O)C4(C)CC4)C[C@H]3/C=C\CCCCC[C@H](NC(=O)O[C@@H]3C[C@H]4CC[C@@H]3C4)C(=O)N2C1. The van der Waals surface area contributed by atoms with Crippen LogP contribution in [0.15, 0.2) is 36.4 Å². The summed E-state index contributed by atoms with van der Waals surface area (Å²) < 4.78 is 40.6. The number of amides is 4. The number of nitrogens with one attached hydrogen (secondary N) is 3. The van der Waals surface area contributed by atoms with Crippen LogP contribution in [-0.4, -0.2) is 82.7 Å². The molecule has 1 spiro atoms. The number of rotatable bonds is 5. The zero-order chi connectivity index (χ0) is 39.0. The summed E-state index contributed by atoms with van der Waals surface area (Å²) in [6.07, 6.45) is 13.1. The third kappa shape index (κ3) is 6.62. The summed E-state index contributed by atoms with van der Waals surface area (Å²) in [6.45, 7) is 3.60. The van der Waals surface area contributed by atoms with E-state index in [4.69, 9.17) is 14.5 Å². The van der Waals surface area contributed by atoms with Gasteiger partial charge in [0.2, 0.25) is 21.8 Å². The van der Waals surface area contributed by atoms with Crippen LogP contribution in [0, 0.1) is 24.7 Å². The maximum Gasteiger partial charge on any atom is 0.408 e. The van der Waals surface area contributed by atoms with Crippen molar-refractivity contribution in [1.29, 1.82) is 0 Å². The first-order valence-corrected chi connectivity index (χ1v) is 22.2. The Morgan fingerprint density at radius 3 is 2.62 bits per heavy atom. The van der Waals surface area contributed by atoms with Crippen molar-refractivity contribution >= 4 is 44.7 Å². The van der Waals surface area contributed by atoms with Gasteiger partial charge in [-0.05, 0) is 109 Å². The smallest absolute Gasteiger partial charge is 0.408 e. The van der Waals surface area contributed by atoms with Crippen LogP contribution in [0.3, 0.4) is 0 Å². The summed E-state index contributed by atoms with van der Waals surface area (Å²) in [6, 6.07) is 5.92. The number of nitrogens with zero attached hydrogens (tertiary/aromatic N) is 2. The number of alkyl carbamates (subject to hydrolysis) is 1. The number of hydrogen-bond acceptors (Lipinski definition) is 9. The molecule has 4 saturated carbocycles. The normalized spacial score (nSPS) is 35.2. The molecule has 1 aromatic heterocycles. The molecule has 3 aliphatic heterocycles. The van der Waals surface area contributed by atoms with E-state index in [0.29, 0.717) is 56.1 Å². The van der Waals surface area contributed by atoms with Crippen LogP contribution in [0.1, 0.15) is 108 Å². The maximum atomic E-state index is 14.9. The molecule has 9 rings (SSSR count). The van der Waals surface area contributed by atoms with Gasteiger partial charge in [0.25, 0.3) is 5.91 Å². The van der Waals surface area contributed by atoms with Crippen molar-refractivity contribution in [2.24, 2.45) is 17.8 Å². The van der Waals surface area contributed by atoms with Gasteiger partial charge in [0.15, 0.2) is 0 Å². The summed E-state index contributed by atoms with van der Waals surface area (Å²) in [7, 11) is -3.97. The maximum absolute atomic E-state index is 14.9. The second kappa shape index (κ2) is 13.7. The highest BCUT2D eigenvalue weighted by molar-refractivity contribution is 7.91. The number of aryl methyl sites for hydroxylation is 2. The molecule has 1 aromatic carbocycles. The minimum Gasteiger partial charge on any atom is -0.483 e. The number of carbonyl (C=O) groups excluding carboxylic acids is 4. The number of pyridine rings is 1. The predicted octanol–water partition coefficient (Wildman–Crippen LogP) is 4.89. The summed E-state index contributed by atoms with van der Waals surface area (Å²) in [5.74, 6) is -0.548. The van der Waals surface area contributed by atoms with Gasteiger partial charge in [-0.15, -0.1) is 0 Å². The molecule has 13 nitrogen and oxygen atoms in total. The van der Waals surface area contributed by atoms with Crippen LogP contribution < -0.4 is 20.1 Å². The van der Waals surface area contributed by atoms with E-state index in [-0.39, 0.29) is 25.5 Å². The lowest BCUT2D eigenvalue weighted by Crippen LogP contribution is -2.58. The van der Waals surface area contributed by atoms with E-state index in [9.17, 15) is 27.6 Å². The van der Waals surface area contributed by atoms with Gasteiger partial charge in [0.1, 0.15) is 35.1 Å². The first-order chi connectivity index (χ1) is 26.8. The van der Waals surface area contributed by atoms with Crippen LogP contribution >= 0.6 is 0 Å². The second-order valence-corrected chi connectivity index (χ2v) is 20.2. The standard InChI is InChI=1S/C42H53N5O8S/c1-25-35-30(29-11-8-9-12-31(29)43-25)16-17-41(55-35)23-33-36(48)45-42(38(50)46-56(52,53)40(2)18-19-40)22-28(42)10-6-4-3-5-7-13-32(37(49)47(33)24-41)44-39(51)54-34-21-26-14-15-27(34)20-26/h6,8-12,26-28,32-34H,3-5,7,13-24H2,1-2H3,(H,44,51)(H,45,48)(H,46,50)/b10-6-/t26-,27+,28+,32-,33-,34+,41+,42+/m0/s1. The molecule has 8 atom stereocenters. The quantitative estimate of drug-likeness (QED) is 0.357. The Morgan fingerprint density at radius 2 is 1.86 bits per heavy atom. The Labute approximate surface area is 328 Å². The number of hydrogen-bond donors (Lipinski definition) is 3. The van der Waals surface area contributed by atoms with Crippen molar-refractivity contribution in [2.75, 3.05) is 6.54 Å². The number of allylic oxidation sites excluding steroid dienone is 1. The highest BCUT2D eigenvalue weighted by atomic mass is 32.2. The lowest BCUT2D eigenvalue weighted by atomic mass is 9.87. The van der Waals surface area contributed by atoms with Crippen LogP contribution in [0.4, 0.5) is 4.79 Å². The van der Waals surface area contributed by atoms with Crippen molar-refractivity contribution in [3.05, 3.63) is 47.7 Å². The van der Waals surface area contributed by atoms with Crippen molar-refractivity contribution in [2.45, 2.75) is 144 Å². The number of fused-ring (bicyclic) bond motifs is 7. The van der Waals surface area contributed by atoms with Crippen molar-refractivity contribution in [1.82, 2.24) is 25.2 Å². The molecule has 300 valence electrons. The van der Waals surface area contributed by atoms with E-state index < -0.39 is 67.7 Å². The summed E-state index contributed by atoms with van der Waals surface area (Å²) in [5, 5.41) is 6.90. The summed E-state index contributed by atoms with van der Waals surface area (Å²) >= 11 is 0. The van der Waals surface area contributed by atoms with Crippen LogP contribution in [0.25, 0.3) is 10.9 Å². The van der Waals surface area contributed by atoms with Gasteiger partial charge in [-0.2, -0.15) is 0 Å². The van der Waals surface area contributed by atoms with Crippen molar-refractivity contribution in [3.63, 3.8) is 0 Å². The van der Waals surface area contributed by atoms with E-state index in [1.54, 1.807) is 6.92 Å². The number of aromatic nitrogens is 1. The fraction of sp³-hybridized carbons (Fsp3) is 0.643. The molecule has 2 aromatic rings. The molecular weight excluding hydrogens is 735 g/mol. The number of carbonyl (C=O) groups is 4. The van der Waals surface area contributed by atoms with Crippen molar-refractivity contribution in [3.8, 4) is 5.75 Å². The molecule has 4 aliphatic carbocycles. The molecule has 4 amide bonds. The second-order valence-electron chi connectivity index (χ2n) is 18.0. The topological polar surface area (TPSA) is 173 Å². The van der Waals surface area contributed by atoms with Crippen molar-refractivity contribution < 1.29 is 37.1 Å². The first-order valence-electron chi connectivity index (χ1n) is 20.7. The van der Waals surface area contributed by atoms with Crippen LogP contribution in [0.5, 0.6) is 5.75 Å². The van der Waals surface area contributed by atoms with Gasteiger partial charge in [-0.25, -0.2) is 18.2 Å². The van der Waals surface area contributed by atoms with E-state index in [1.807, 2.05) is 43.3 Å².